The highest BCUT2D eigenvalue weighted by Gasteiger charge is 2.14. The Hall–Kier alpha value is -2.72. The summed E-state index contributed by atoms with van der Waals surface area (Å²) in [6, 6.07) is 20.9. The molecule has 3 aromatic rings. The third-order valence-corrected chi connectivity index (χ3v) is 4.16. The predicted octanol–water partition coefficient (Wildman–Crippen LogP) is 4.46. The Kier molecular flexibility index (Phi) is 5.97. The van der Waals surface area contributed by atoms with Gasteiger partial charge >= 0.3 is 0 Å². The quantitative estimate of drug-likeness (QED) is 0.626. The molecular formula is C21H20ClNO3. The van der Waals surface area contributed by atoms with Crippen LogP contribution in [-0.4, -0.2) is 25.2 Å². The van der Waals surface area contributed by atoms with E-state index in [2.05, 4.69) is 5.32 Å². The van der Waals surface area contributed by atoms with Crippen molar-refractivity contribution in [3.63, 3.8) is 0 Å². The highest BCUT2D eigenvalue weighted by molar-refractivity contribution is 6.30. The predicted molar refractivity (Wildman–Crippen MR) is 104 cm³/mol. The first-order valence-corrected chi connectivity index (χ1v) is 8.82. The van der Waals surface area contributed by atoms with Crippen molar-refractivity contribution in [2.24, 2.45) is 0 Å². The molecule has 0 spiro atoms. The zero-order chi connectivity index (χ0) is 18.4. The Morgan fingerprint density at radius 2 is 1.77 bits per heavy atom. The van der Waals surface area contributed by atoms with Gasteiger partial charge < -0.3 is 14.8 Å². The average molecular weight is 370 g/mol. The SMILES string of the molecule is C[C@@H](Oc1ccc(Cl)cc1)C(=O)NCCOc1cccc2ccccc12. The second kappa shape index (κ2) is 8.59. The molecule has 4 nitrogen and oxygen atoms in total. The number of rotatable bonds is 7. The number of ether oxygens (including phenoxy) is 2. The molecule has 0 aliphatic heterocycles. The zero-order valence-electron chi connectivity index (χ0n) is 14.4. The highest BCUT2D eigenvalue weighted by Crippen LogP contribution is 2.24. The van der Waals surface area contributed by atoms with Crippen LogP contribution in [0.25, 0.3) is 10.8 Å². The maximum absolute atomic E-state index is 12.1. The molecule has 0 aliphatic carbocycles. The van der Waals surface area contributed by atoms with E-state index >= 15 is 0 Å². The molecule has 134 valence electrons. The number of benzene rings is 3. The normalized spacial score (nSPS) is 11.8. The molecule has 0 fully saturated rings. The van der Waals surface area contributed by atoms with E-state index in [9.17, 15) is 4.79 Å². The van der Waals surface area contributed by atoms with Crippen molar-refractivity contribution in [2.45, 2.75) is 13.0 Å². The van der Waals surface area contributed by atoms with Crippen LogP contribution in [0, 0.1) is 0 Å². The van der Waals surface area contributed by atoms with Gasteiger partial charge in [0, 0.05) is 10.4 Å². The third-order valence-electron chi connectivity index (χ3n) is 3.90. The van der Waals surface area contributed by atoms with Crippen LogP contribution in [0.15, 0.2) is 66.7 Å². The van der Waals surface area contributed by atoms with Gasteiger partial charge in [-0.05, 0) is 42.6 Å². The van der Waals surface area contributed by atoms with Crippen LogP contribution in [0.2, 0.25) is 5.02 Å². The van der Waals surface area contributed by atoms with E-state index in [1.165, 1.54) is 0 Å². The topological polar surface area (TPSA) is 47.6 Å². The van der Waals surface area contributed by atoms with Gasteiger partial charge in [-0.2, -0.15) is 0 Å². The summed E-state index contributed by atoms with van der Waals surface area (Å²) in [4.78, 5) is 12.1. The van der Waals surface area contributed by atoms with Gasteiger partial charge in [-0.25, -0.2) is 0 Å². The summed E-state index contributed by atoms with van der Waals surface area (Å²) in [7, 11) is 0. The second-order valence-electron chi connectivity index (χ2n) is 5.83. The molecule has 0 aromatic heterocycles. The molecule has 3 aromatic carbocycles. The third kappa shape index (κ3) is 4.67. The molecule has 5 heteroatoms. The molecule has 1 N–H and O–H groups in total. The standard InChI is InChI=1S/C21H20ClNO3/c1-15(26-18-11-9-17(22)10-12-18)21(24)23-13-14-25-20-8-4-6-16-5-2-3-7-19(16)20/h2-12,15H,13-14H2,1H3,(H,23,24)/t15-/m1/s1. The Morgan fingerprint density at radius 3 is 2.58 bits per heavy atom. The number of hydrogen-bond acceptors (Lipinski definition) is 3. The monoisotopic (exact) mass is 369 g/mol. The summed E-state index contributed by atoms with van der Waals surface area (Å²) >= 11 is 5.83. The molecule has 0 radical (unpaired) electrons. The first-order chi connectivity index (χ1) is 12.6. The van der Waals surface area contributed by atoms with E-state index in [0.29, 0.717) is 23.9 Å². The van der Waals surface area contributed by atoms with Crippen LogP contribution >= 0.6 is 11.6 Å². The maximum atomic E-state index is 12.1. The summed E-state index contributed by atoms with van der Waals surface area (Å²) in [5, 5.41) is 5.62. The van der Waals surface area contributed by atoms with Crippen molar-refractivity contribution in [3.05, 3.63) is 71.8 Å². The largest absolute Gasteiger partial charge is 0.491 e. The van der Waals surface area contributed by atoms with Gasteiger partial charge in [0.2, 0.25) is 0 Å². The van der Waals surface area contributed by atoms with Crippen molar-refractivity contribution in [1.82, 2.24) is 5.32 Å². The summed E-state index contributed by atoms with van der Waals surface area (Å²) < 4.78 is 11.4. The van der Waals surface area contributed by atoms with Crippen molar-refractivity contribution in [3.8, 4) is 11.5 Å². The first-order valence-electron chi connectivity index (χ1n) is 8.44. The van der Waals surface area contributed by atoms with Crippen LogP contribution in [0.1, 0.15) is 6.92 Å². The molecule has 26 heavy (non-hydrogen) atoms. The van der Waals surface area contributed by atoms with Gasteiger partial charge in [0.25, 0.3) is 5.91 Å². The van der Waals surface area contributed by atoms with Crippen LogP contribution in [0.4, 0.5) is 0 Å². The van der Waals surface area contributed by atoms with E-state index in [1.54, 1.807) is 31.2 Å². The minimum atomic E-state index is -0.603. The van der Waals surface area contributed by atoms with E-state index in [4.69, 9.17) is 21.1 Å². The van der Waals surface area contributed by atoms with Crippen molar-refractivity contribution in [1.29, 1.82) is 0 Å². The molecule has 0 bridgehead atoms. The van der Waals surface area contributed by atoms with Crippen LogP contribution in [0.5, 0.6) is 11.5 Å². The molecule has 0 saturated heterocycles. The summed E-state index contributed by atoms with van der Waals surface area (Å²) in [6.45, 7) is 2.49. The minimum Gasteiger partial charge on any atom is -0.491 e. The molecule has 1 atom stereocenters. The van der Waals surface area contributed by atoms with Gasteiger partial charge in [0.1, 0.15) is 18.1 Å². The Labute approximate surface area is 157 Å². The number of amides is 1. The fourth-order valence-corrected chi connectivity index (χ4v) is 2.70. The van der Waals surface area contributed by atoms with Crippen molar-refractivity contribution in [2.75, 3.05) is 13.2 Å². The Balaban J connectivity index is 1.46. The lowest BCUT2D eigenvalue weighted by atomic mass is 10.1. The molecule has 0 heterocycles. The van der Waals surface area contributed by atoms with Crippen molar-refractivity contribution < 1.29 is 14.3 Å². The Bertz CT molecular complexity index is 875. The van der Waals surface area contributed by atoms with E-state index < -0.39 is 6.10 Å². The highest BCUT2D eigenvalue weighted by atomic mass is 35.5. The maximum Gasteiger partial charge on any atom is 0.260 e. The first kappa shape index (κ1) is 18.1. The van der Waals surface area contributed by atoms with Crippen molar-refractivity contribution >= 4 is 28.3 Å². The molecule has 0 aliphatic rings. The number of hydrogen-bond donors (Lipinski definition) is 1. The van der Waals surface area contributed by atoms with Gasteiger partial charge in [-0.3, -0.25) is 4.79 Å². The molecule has 3 rings (SSSR count). The second-order valence-corrected chi connectivity index (χ2v) is 6.27. The van der Waals surface area contributed by atoms with Gasteiger partial charge in [-0.15, -0.1) is 0 Å². The number of fused-ring (bicyclic) bond motifs is 1. The number of carbonyl (C=O) groups is 1. The van der Waals surface area contributed by atoms with Gasteiger partial charge in [-0.1, -0.05) is 48.0 Å². The fraction of sp³-hybridized carbons (Fsp3) is 0.190. The van der Waals surface area contributed by atoms with Crippen LogP contribution in [0.3, 0.4) is 0 Å². The molecule has 0 unspecified atom stereocenters. The summed E-state index contributed by atoms with van der Waals surface area (Å²) in [5.41, 5.74) is 0. The number of nitrogens with one attached hydrogen (secondary N) is 1. The molecular weight excluding hydrogens is 350 g/mol. The van der Waals surface area contributed by atoms with E-state index in [-0.39, 0.29) is 5.91 Å². The lowest BCUT2D eigenvalue weighted by molar-refractivity contribution is -0.127. The minimum absolute atomic E-state index is 0.193. The lowest BCUT2D eigenvalue weighted by Crippen LogP contribution is -2.38. The van der Waals surface area contributed by atoms with E-state index in [1.807, 2.05) is 42.5 Å². The van der Waals surface area contributed by atoms with Crippen LogP contribution in [-0.2, 0) is 4.79 Å². The number of carbonyl (C=O) groups excluding carboxylic acids is 1. The zero-order valence-corrected chi connectivity index (χ0v) is 15.2. The Morgan fingerprint density at radius 1 is 1.04 bits per heavy atom. The van der Waals surface area contributed by atoms with Crippen LogP contribution < -0.4 is 14.8 Å². The van der Waals surface area contributed by atoms with Gasteiger partial charge in [0.05, 0.1) is 6.54 Å². The fourth-order valence-electron chi connectivity index (χ4n) is 2.57. The summed E-state index contributed by atoms with van der Waals surface area (Å²) in [6.07, 6.45) is -0.603. The smallest absolute Gasteiger partial charge is 0.260 e. The number of halogens is 1. The average Bonchev–Trinajstić information content (AvgIpc) is 2.67. The lowest BCUT2D eigenvalue weighted by Gasteiger charge is -2.15. The molecule has 0 saturated carbocycles. The molecule has 1 amide bonds. The van der Waals surface area contributed by atoms with E-state index in [0.717, 1.165) is 16.5 Å². The van der Waals surface area contributed by atoms with Gasteiger partial charge in [0.15, 0.2) is 6.10 Å². The summed E-state index contributed by atoms with van der Waals surface area (Å²) in [5.74, 6) is 1.22.